The number of Topliss-reactive ketones (excluding diaryl/α,β-unsaturated/α-hetero) is 1. The summed E-state index contributed by atoms with van der Waals surface area (Å²) in [5.41, 5.74) is 5.88. The molecule has 3 aromatic rings. The minimum atomic E-state index is -0.239. The van der Waals surface area contributed by atoms with Crippen molar-refractivity contribution in [2.75, 3.05) is 24.4 Å². The molecule has 0 bridgehead atoms. The van der Waals surface area contributed by atoms with E-state index < -0.39 is 0 Å². The van der Waals surface area contributed by atoms with Gasteiger partial charge in [-0.2, -0.15) is 0 Å². The molecule has 2 N–H and O–H groups in total. The number of nitrogens with one attached hydrogen (secondary N) is 2. The molecule has 1 aliphatic carbocycles. The molecule has 1 aliphatic heterocycles. The standard InChI is InChI=1S/C29H30N2O3/c1-3-16-34-27-11-7-4-8-22(27)20-17-25-28(26(32)18-20)29(19-12-14-21(33-2)15-13-19)31-24-10-6-5-9-23(24)30-25/h4-15,20,29-31H,3,16-18H2,1-2H3/t20-,29-/m1/s1. The highest BCUT2D eigenvalue weighted by Crippen LogP contribution is 2.45. The molecule has 2 atom stereocenters. The first-order chi connectivity index (χ1) is 16.7. The molecule has 0 aromatic heterocycles. The number of carbonyl (C=O) groups is 1. The first-order valence-electron chi connectivity index (χ1n) is 11.9. The smallest absolute Gasteiger partial charge is 0.163 e. The Morgan fingerprint density at radius 3 is 2.41 bits per heavy atom. The lowest BCUT2D eigenvalue weighted by Crippen LogP contribution is -2.27. The molecule has 0 amide bonds. The Balaban J connectivity index is 1.56. The summed E-state index contributed by atoms with van der Waals surface area (Å²) < 4.78 is 11.4. The number of hydrogen-bond acceptors (Lipinski definition) is 5. The van der Waals surface area contributed by atoms with Crippen molar-refractivity contribution in [3.05, 3.63) is 95.2 Å². The molecular formula is C29H30N2O3. The predicted octanol–water partition coefficient (Wildman–Crippen LogP) is 6.46. The normalized spacial score (nSPS) is 19.3. The molecule has 5 nitrogen and oxygen atoms in total. The van der Waals surface area contributed by atoms with Crippen LogP contribution in [0.25, 0.3) is 0 Å². The van der Waals surface area contributed by atoms with Gasteiger partial charge in [0.1, 0.15) is 11.5 Å². The second-order valence-corrected chi connectivity index (χ2v) is 8.83. The molecule has 0 radical (unpaired) electrons. The zero-order valence-corrected chi connectivity index (χ0v) is 19.6. The zero-order chi connectivity index (χ0) is 23.5. The molecular weight excluding hydrogens is 424 g/mol. The number of fused-ring (bicyclic) bond motifs is 1. The van der Waals surface area contributed by atoms with Crippen LogP contribution in [0.5, 0.6) is 11.5 Å². The summed E-state index contributed by atoms with van der Waals surface area (Å²) in [5.74, 6) is 1.90. The molecule has 34 heavy (non-hydrogen) atoms. The monoisotopic (exact) mass is 454 g/mol. The fourth-order valence-electron chi connectivity index (χ4n) is 4.92. The van der Waals surface area contributed by atoms with Crippen molar-refractivity contribution in [3.63, 3.8) is 0 Å². The van der Waals surface area contributed by atoms with Gasteiger partial charge in [-0.1, -0.05) is 49.4 Å². The molecule has 3 aromatic carbocycles. The predicted molar refractivity (Wildman–Crippen MR) is 136 cm³/mol. The number of hydrogen-bond donors (Lipinski definition) is 2. The zero-order valence-electron chi connectivity index (χ0n) is 19.6. The average Bonchev–Trinajstić information content (AvgIpc) is 3.04. The minimum absolute atomic E-state index is 0.0635. The van der Waals surface area contributed by atoms with Gasteiger partial charge >= 0.3 is 0 Å². The first kappa shape index (κ1) is 22.1. The second kappa shape index (κ2) is 9.64. The first-order valence-corrected chi connectivity index (χ1v) is 11.9. The maximum absolute atomic E-state index is 13.7. The Bertz CT molecular complexity index is 1220. The van der Waals surface area contributed by atoms with E-state index in [9.17, 15) is 4.79 Å². The van der Waals surface area contributed by atoms with Gasteiger partial charge in [-0.3, -0.25) is 4.79 Å². The molecule has 0 fully saturated rings. The van der Waals surface area contributed by atoms with Crippen LogP contribution in [0, 0.1) is 0 Å². The van der Waals surface area contributed by atoms with E-state index >= 15 is 0 Å². The van der Waals surface area contributed by atoms with Crippen LogP contribution in [0.1, 0.15) is 49.3 Å². The average molecular weight is 455 g/mol. The lowest BCUT2D eigenvalue weighted by Gasteiger charge is -2.30. The van der Waals surface area contributed by atoms with Gasteiger partial charge in [-0.05, 0) is 54.3 Å². The number of ether oxygens (including phenoxy) is 2. The molecule has 2 aliphatic rings. The number of methoxy groups -OCH3 is 1. The van der Waals surface area contributed by atoms with E-state index in [0.717, 1.165) is 58.1 Å². The van der Waals surface area contributed by atoms with Gasteiger partial charge in [0.05, 0.1) is 31.1 Å². The van der Waals surface area contributed by atoms with Crippen molar-refractivity contribution in [2.45, 2.75) is 38.1 Å². The summed E-state index contributed by atoms with van der Waals surface area (Å²) in [5, 5.41) is 7.24. The summed E-state index contributed by atoms with van der Waals surface area (Å²) in [6.45, 7) is 2.77. The molecule has 0 unspecified atom stereocenters. The van der Waals surface area contributed by atoms with Crippen LogP contribution in [0.3, 0.4) is 0 Å². The van der Waals surface area contributed by atoms with Crippen LogP contribution in [0.4, 0.5) is 11.4 Å². The summed E-state index contributed by atoms with van der Waals surface area (Å²) >= 11 is 0. The molecule has 0 saturated heterocycles. The highest BCUT2D eigenvalue weighted by Gasteiger charge is 2.36. The SMILES string of the molecule is CCCOc1ccccc1[C@H]1CC(=O)C2=C(C1)Nc1ccccc1N[C@@H]2c1ccc(OC)cc1. The number of para-hydroxylation sites is 3. The van der Waals surface area contributed by atoms with Crippen molar-refractivity contribution < 1.29 is 14.3 Å². The number of anilines is 2. The Morgan fingerprint density at radius 2 is 1.65 bits per heavy atom. The van der Waals surface area contributed by atoms with Crippen molar-refractivity contribution in [2.24, 2.45) is 0 Å². The van der Waals surface area contributed by atoms with Gasteiger partial charge in [0.2, 0.25) is 0 Å². The van der Waals surface area contributed by atoms with E-state index in [2.05, 4.69) is 29.7 Å². The lowest BCUT2D eigenvalue weighted by molar-refractivity contribution is -0.116. The van der Waals surface area contributed by atoms with E-state index in [1.807, 2.05) is 60.7 Å². The highest BCUT2D eigenvalue weighted by molar-refractivity contribution is 6.01. The van der Waals surface area contributed by atoms with Crippen LogP contribution in [-0.2, 0) is 4.79 Å². The summed E-state index contributed by atoms with van der Waals surface area (Å²) in [4.78, 5) is 13.7. The van der Waals surface area contributed by atoms with Gasteiger partial charge in [0, 0.05) is 23.6 Å². The molecule has 5 heteroatoms. The van der Waals surface area contributed by atoms with Crippen molar-refractivity contribution in [3.8, 4) is 11.5 Å². The Labute approximate surface area is 200 Å². The Kier molecular flexibility index (Phi) is 6.26. The molecule has 0 spiro atoms. The summed E-state index contributed by atoms with van der Waals surface area (Å²) in [6.07, 6.45) is 2.15. The Hall–Kier alpha value is -3.73. The highest BCUT2D eigenvalue weighted by atomic mass is 16.5. The van der Waals surface area contributed by atoms with Gasteiger partial charge in [0.15, 0.2) is 5.78 Å². The van der Waals surface area contributed by atoms with Crippen LogP contribution in [0.2, 0.25) is 0 Å². The third-order valence-corrected chi connectivity index (χ3v) is 6.58. The summed E-state index contributed by atoms with van der Waals surface area (Å²) in [6, 6.07) is 24.0. The lowest BCUT2D eigenvalue weighted by atomic mass is 9.78. The molecule has 174 valence electrons. The molecule has 5 rings (SSSR count). The fraction of sp³-hybridized carbons (Fsp3) is 0.276. The van der Waals surface area contributed by atoms with E-state index in [4.69, 9.17) is 9.47 Å². The van der Waals surface area contributed by atoms with Gasteiger partial charge in [0.25, 0.3) is 0 Å². The number of rotatable bonds is 6. The van der Waals surface area contributed by atoms with Gasteiger partial charge in [-0.15, -0.1) is 0 Å². The van der Waals surface area contributed by atoms with Gasteiger partial charge < -0.3 is 20.1 Å². The van der Waals surface area contributed by atoms with E-state index in [1.165, 1.54) is 0 Å². The van der Waals surface area contributed by atoms with E-state index in [1.54, 1.807) is 7.11 Å². The van der Waals surface area contributed by atoms with Crippen LogP contribution < -0.4 is 20.1 Å². The third-order valence-electron chi connectivity index (χ3n) is 6.58. The third kappa shape index (κ3) is 4.26. The quantitative estimate of drug-likeness (QED) is 0.447. The topological polar surface area (TPSA) is 59.6 Å². The number of ketones is 1. The second-order valence-electron chi connectivity index (χ2n) is 8.83. The number of carbonyl (C=O) groups excluding carboxylic acids is 1. The van der Waals surface area contributed by atoms with Crippen molar-refractivity contribution in [1.29, 1.82) is 0 Å². The number of benzene rings is 3. The maximum Gasteiger partial charge on any atom is 0.163 e. The summed E-state index contributed by atoms with van der Waals surface area (Å²) in [7, 11) is 1.66. The van der Waals surface area contributed by atoms with Crippen LogP contribution in [-0.4, -0.2) is 19.5 Å². The van der Waals surface area contributed by atoms with E-state index in [-0.39, 0.29) is 17.7 Å². The molecule has 1 heterocycles. The fourth-order valence-corrected chi connectivity index (χ4v) is 4.92. The van der Waals surface area contributed by atoms with Crippen LogP contribution in [0.15, 0.2) is 84.1 Å². The maximum atomic E-state index is 13.7. The Morgan fingerprint density at radius 1 is 0.912 bits per heavy atom. The number of allylic oxidation sites excluding steroid dienone is 1. The van der Waals surface area contributed by atoms with Gasteiger partial charge in [-0.25, -0.2) is 0 Å². The minimum Gasteiger partial charge on any atom is -0.497 e. The molecule has 0 saturated carbocycles. The van der Waals surface area contributed by atoms with Crippen molar-refractivity contribution >= 4 is 17.2 Å². The van der Waals surface area contributed by atoms with Crippen molar-refractivity contribution in [1.82, 2.24) is 0 Å². The van der Waals surface area contributed by atoms with Crippen LogP contribution >= 0.6 is 0 Å². The largest absolute Gasteiger partial charge is 0.497 e. The van der Waals surface area contributed by atoms with E-state index in [0.29, 0.717) is 13.0 Å².